The van der Waals surface area contributed by atoms with Crippen molar-refractivity contribution >= 4 is 0 Å². The standard InChI is InChI=1S/C16H27NO2/c1-15(2,3)17-12-13-8-6-7-9-14(13)19-11-10-16(4,5)18/h6-9,17-18H,10-12H2,1-5H3. The summed E-state index contributed by atoms with van der Waals surface area (Å²) in [5.74, 6) is 0.892. The molecule has 19 heavy (non-hydrogen) atoms. The first-order chi connectivity index (χ1) is 8.67. The second kappa shape index (κ2) is 6.40. The zero-order valence-electron chi connectivity index (χ0n) is 12.8. The molecule has 3 nitrogen and oxygen atoms in total. The van der Waals surface area contributed by atoms with E-state index in [0.29, 0.717) is 13.0 Å². The third kappa shape index (κ3) is 7.19. The minimum absolute atomic E-state index is 0.0835. The molecule has 0 heterocycles. The van der Waals surface area contributed by atoms with Crippen LogP contribution in [-0.4, -0.2) is 22.9 Å². The summed E-state index contributed by atoms with van der Waals surface area (Å²) in [7, 11) is 0. The highest BCUT2D eigenvalue weighted by atomic mass is 16.5. The first-order valence-corrected chi connectivity index (χ1v) is 6.85. The van der Waals surface area contributed by atoms with Crippen molar-refractivity contribution < 1.29 is 9.84 Å². The van der Waals surface area contributed by atoms with Gasteiger partial charge in [0.05, 0.1) is 12.2 Å². The normalized spacial score (nSPS) is 12.5. The molecule has 1 aromatic carbocycles. The molecule has 0 aliphatic carbocycles. The molecule has 0 bridgehead atoms. The maximum absolute atomic E-state index is 9.68. The third-order valence-electron chi connectivity index (χ3n) is 2.75. The van der Waals surface area contributed by atoms with Crippen molar-refractivity contribution in [3.63, 3.8) is 0 Å². The Balaban J connectivity index is 2.58. The molecule has 0 aliphatic rings. The molecule has 1 rings (SSSR count). The van der Waals surface area contributed by atoms with Crippen LogP contribution in [0.5, 0.6) is 5.75 Å². The van der Waals surface area contributed by atoms with Gasteiger partial charge in [-0.1, -0.05) is 18.2 Å². The number of ether oxygens (including phenoxy) is 1. The Morgan fingerprint density at radius 2 is 1.74 bits per heavy atom. The fraction of sp³-hybridized carbons (Fsp3) is 0.625. The molecular weight excluding hydrogens is 238 g/mol. The van der Waals surface area contributed by atoms with Gasteiger partial charge in [-0.05, 0) is 40.7 Å². The summed E-state index contributed by atoms with van der Waals surface area (Å²) in [4.78, 5) is 0. The van der Waals surface area contributed by atoms with Crippen molar-refractivity contribution in [2.75, 3.05) is 6.61 Å². The predicted octanol–water partition coefficient (Wildman–Crippen LogP) is 3.11. The minimum Gasteiger partial charge on any atom is -0.493 e. The van der Waals surface area contributed by atoms with Gasteiger partial charge in [-0.15, -0.1) is 0 Å². The highest BCUT2D eigenvalue weighted by Gasteiger charge is 2.14. The molecule has 1 aromatic rings. The maximum Gasteiger partial charge on any atom is 0.123 e. The molecule has 108 valence electrons. The van der Waals surface area contributed by atoms with E-state index in [2.05, 4.69) is 32.2 Å². The molecule has 0 amide bonds. The molecule has 0 aromatic heterocycles. The fourth-order valence-corrected chi connectivity index (χ4v) is 1.56. The average molecular weight is 265 g/mol. The number of nitrogens with one attached hydrogen (secondary N) is 1. The van der Waals surface area contributed by atoms with E-state index in [1.54, 1.807) is 13.8 Å². The number of hydrogen-bond donors (Lipinski definition) is 2. The lowest BCUT2D eigenvalue weighted by Gasteiger charge is -2.22. The number of para-hydroxylation sites is 1. The zero-order chi connectivity index (χ0) is 14.5. The van der Waals surface area contributed by atoms with E-state index in [-0.39, 0.29) is 5.54 Å². The lowest BCUT2D eigenvalue weighted by Crippen LogP contribution is -2.35. The number of hydrogen-bond acceptors (Lipinski definition) is 3. The Morgan fingerprint density at radius 3 is 2.32 bits per heavy atom. The van der Waals surface area contributed by atoms with Crippen molar-refractivity contribution in [1.29, 1.82) is 0 Å². The van der Waals surface area contributed by atoms with E-state index in [4.69, 9.17) is 4.74 Å². The van der Waals surface area contributed by atoms with Crippen molar-refractivity contribution in [2.45, 2.75) is 58.7 Å². The molecule has 0 fully saturated rings. The Labute approximate surface area is 117 Å². The summed E-state index contributed by atoms with van der Waals surface area (Å²) in [6.07, 6.45) is 0.619. The molecule has 0 saturated carbocycles. The second-order valence-electron chi connectivity index (χ2n) is 6.62. The van der Waals surface area contributed by atoms with Gasteiger partial charge in [0.25, 0.3) is 0 Å². The monoisotopic (exact) mass is 265 g/mol. The van der Waals surface area contributed by atoms with Crippen molar-refractivity contribution in [3.8, 4) is 5.75 Å². The van der Waals surface area contributed by atoms with Crippen LogP contribution in [0.3, 0.4) is 0 Å². The van der Waals surface area contributed by atoms with Crippen LogP contribution in [0.1, 0.15) is 46.6 Å². The van der Waals surface area contributed by atoms with E-state index in [1.807, 2.05) is 18.2 Å². The second-order valence-corrected chi connectivity index (χ2v) is 6.62. The van der Waals surface area contributed by atoms with E-state index in [0.717, 1.165) is 17.9 Å². The van der Waals surface area contributed by atoms with E-state index >= 15 is 0 Å². The van der Waals surface area contributed by atoms with Gasteiger partial charge in [-0.25, -0.2) is 0 Å². The molecule has 0 atom stereocenters. The maximum atomic E-state index is 9.68. The van der Waals surface area contributed by atoms with Gasteiger partial charge in [0.1, 0.15) is 5.75 Å². The summed E-state index contributed by atoms with van der Waals surface area (Å²) < 4.78 is 5.78. The zero-order valence-corrected chi connectivity index (χ0v) is 12.8. The van der Waals surface area contributed by atoms with E-state index < -0.39 is 5.60 Å². The average Bonchev–Trinajstić information content (AvgIpc) is 2.25. The van der Waals surface area contributed by atoms with Crippen LogP contribution in [0.4, 0.5) is 0 Å². The summed E-state index contributed by atoms with van der Waals surface area (Å²) in [5, 5.41) is 13.1. The van der Waals surface area contributed by atoms with Crippen LogP contribution in [0.15, 0.2) is 24.3 Å². The highest BCUT2D eigenvalue weighted by Crippen LogP contribution is 2.20. The number of benzene rings is 1. The van der Waals surface area contributed by atoms with Crippen LogP contribution >= 0.6 is 0 Å². The molecule has 3 heteroatoms. The lowest BCUT2D eigenvalue weighted by atomic mass is 10.1. The van der Waals surface area contributed by atoms with Crippen LogP contribution in [0, 0.1) is 0 Å². The molecule has 0 radical (unpaired) electrons. The molecular formula is C16H27NO2. The summed E-state index contributed by atoms with van der Waals surface area (Å²) in [5.41, 5.74) is 0.548. The van der Waals surface area contributed by atoms with Gasteiger partial charge in [0.15, 0.2) is 0 Å². The van der Waals surface area contributed by atoms with Gasteiger partial charge in [0.2, 0.25) is 0 Å². The number of aliphatic hydroxyl groups is 1. The smallest absolute Gasteiger partial charge is 0.123 e. The van der Waals surface area contributed by atoms with Crippen LogP contribution in [-0.2, 0) is 6.54 Å². The first-order valence-electron chi connectivity index (χ1n) is 6.85. The Morgan fingerprint density at radius 1 is 1.11 bits per heavy atom. The summed E-state index contributed by atoms with van der Waals surface area (Å²) in [6, 6.07) is 8.03. The summed E-state index contributed by atoms with van der Waals surface area (Å²) in [6.45, 7) is 11.3. The van der Waals surface area contributed by atoms with E-state index in [1.165, 1.54) is 0 Å². The predicted molar refractivity (Wildman–Crippen MR) is 79.4 cm³/mol. The Bertz CT molecular complexity index is 388. The molecule has 0 aliphatic heterocycles. The minimum atomic E-state index is -0.682. The largest absolute Gasteiger partial charge is 0.493 e. The number of rotatable bonds is 6. The third-order valence-corrected chi connectivity index (χ3v) is 2.75. The quantitative estimate of drug-likeness (QED) is 0.830. The first kappa shape index (κ1) is 16.0. The van der Waals surface area contributed by atoms with Crippen molar-refractivity contribution in [3.05, 3.63) is 29.8 Å². The fourth-order valence-electron chi connectivity index (χ4n) is 1.56. The van der Waals surface area contributed by atoms with Gasteiger partial charge in [-0.2, -0.15) is 0 Å². The topological polar surface area (TPSA) is 41.5 Å². The summed E-state index contributed by atoms with van der Waals surface area (Å²) >= 11 is 0. The van der Waals surface area contributed by atoms with Gasteiger partial charge < -0.3 is 15.2 Å². The molecule has 0 unspecified atom stereocenters. The highest BCUT2D eigenvalue weighted by molar-refractivity contribution is 5.33. The van der Waals surface area contributed by atoms with Crippen molar-refractivity contribution in [1.82, 2.24) is 5.32 Å². The SMILES string of the molecule is CC(C)(O)CCOc1ccccc1CNC(C)(C)C. The molecule has 0 spiro atoms. The van der Waals surface area contributed by atoms with Crippen molar-refractivity contribution in [2.24, 2.45) is 0 Å². The van der Waals surface area contributed by atoms with Crippen LogP contribution in [0.2, 0.25) is 0 Å². The Kier molecular flexibility index (Phi) is 5.39. The van der Waals surface area contributed by atoms with Gasteiger partial charge >= 0.3 is 0 Å². The van der Waals surface area contributed by atoms with E-state index in [9.17, 15) is 5.11 Å². The van der Waals surface area contributed by atoms with Gasteiger partial charge in [0, 0.05) is 24.1 Å². The van der Waals surface area contributed by atoms with Crippen LogP contribution < -0.4 is 10.1 Å². The van der Waals surface area contributed by atoms with Crippen LogP contribution in [0.25, 0.3) is 0 Å². The Hall–Kier alpha value is -1.06. The lowest BCUT2D eigenvalue weighted by molar-refractivity contribution is 0.0552. The molecule has 0 saturated heterocycles. The molecule has 2 N–H and O–H groups in total. The van der Waals surface area contributed by atoms with Gasteiger partial charge in [-0.3, -0.25) is 0 Å².